The van der Waals surface area contributed by atoms with Gasteiger partial charge in [0.2, 0.25) is 0 Å². The number of benzene rings is 2. The SMILES string of the molecule is CC(C)(C)OC(=O)CCN1CC2CC(OC(=O)Nc3ccccc3-c3ccccc3)CC2C1. The summed E-state index contributed by atoms with van der Waals surface area (Å²) in [7, 11) is 0. The van der Waals surface area contributed by atoms with E-state index in [1.807, 2.05) is 75.4 Å². The van der Waals surface area contributed by atoms with Gasteiger partial charge in [-0.25, -0.2) is 4.79 Å². The van der Waals surface area contributed by atoms with Gasteiger partial charge in [0.25, 0.3) is 0 Å². The van der Waals surface area contributed by atoms with Crippen molar-refractivity contribution in [2.45, 2.75) is 51.7 Å². The molecule has 0 spiro atoms. The molecule has 1 heterocycles. The van der Waals surface area contributed by atoms with Crippen LogP contribution in [0.3, 0.4) is 0 Å². The minimum Gasteiger partial charge on any atom is -0.460 e. The Bertz CT molecular complexity index is 956. The van der Waals surface area contributed by atoms with Gasteiger partial charge in [0.1, 0.15) is 11.7 Å². The number of fused-ring (bicyclic) bond motifs is 1. The van der Waals surface area contributed by atoms with E-state index in [-0.39, 0.29) is 12.1 Å². The largest absolute Gasteiger partial charge is 0.460 e. The zero-order chi connectivity index (χ0) is 23.4. The molecule has 2 aromatic rings. The number of likely N-dealkylation sites (tertiary alicyclic amines) is 1. The van der Waals surface area contributed by atoms with Crippen LogP contribution in [0.2, 0.25) is 0 Å². The average Bonchev–Trinajstić information content (AvgIpc) is 3.30. The number of anilines is 1. The fourth-order valence-corrected chi connectivity index (χ4v) is 5.01. The Balaban J connectivity index is 1.24. The van der Waals surface area contributed by atoms with Crippen LogP contribution in [0.15, 0.2) is 54.6 Å². The van der Waals surface area contributed by atoms with E-state index in [4.69, 9.17) is 9.47 Å². The highest BCUT2D eigenvalue weighted by atomic mass is 16.6. The van der Waals surface area contributed by atoms with Crippen LogP contribution >= 0.6 is 0 Å². The molecule has 1 saturated carbocycles. The molecule has 2 aromatic carbocycles. The molecule has 2 unspecified atom stereocenters. The molecule has 1 N–H and O–H groups in total. The Morgan fingerprint density at radius 3 is 2.27 bits per heavy atom. The van der Waals surface area contributed by atoms with E-state index in [2.05, 4.69) is 10.2 Å². The third kappa shape index (κ3) is 6.35. The van der Waals surface area contributed by atoms with Gasteiger partial charge in [-0.3, -0.25) is 10.1 Å². The topological polar surface area (TPSA) is 67.9 Å². The molecule has 176 valence electrons. The van der Waals surface area contributed by atoms with Crippen molar-refractivity contribution in [2.75, 3.05) is 25.0 Å². The quantitative estimate of drug-likeness (QED) is 0.602. The molecule has 4 rings (SSSR count). The fourth-order valence-electron chi connectivity index (χ4n) is 5.01. The number of amides is 1. The van der Waals surface area contributed by atoms with Crippen LogP contribution in [0.5, 0.6) is 0 Å². The van der Waals surface area contributed by atoms with E-state index in [0.29, 0.717) is 18.3 Å². The summed E-state index contributed by atoms with van der Waals surface area (Å²) in [6.45, 7) is 8.30. The summed E-state index contributed by atoms with van der Waals surface area (Å²) >= 11 is 0. The number of rotatable bonds is 6. The van der Waals surface area contributed by atoms with Gasteiger partial charge in [-0.15, -0.1) is 0 Å². The molecule has 1 saturated heterocycles. The van der Waals surface area contributed by atoms with Gasteiger partial charge in [0.15, 0.2) is 0 Å². The lowest BCUT2D eigenvalue weighted by Gasteiger charge is -2.22. The van der Waals surface area contributed by atoms with Crippen LogP contribution in [0, 0.1) is 11.8 Å². The molecule has 0 aromatic heterocycles. The highest BCUT2D eigenvalue weighted by Gasteiger charge is 2.42. The lowest BCUT2D eigenvalue weighted by molar-refractivity contribution is -0.155. The number of carbonyl (C=O) groups is 2. The van der Waals surface area contributed by atoms with Crippen molar-refractivity contribution < 1.29 is 19.1 Å². The van der Waals surface area contributed by atoms with Crippen LogP contribution in [0.4, 0.5) is 10.5 Å². The minimum atomic E-state index is -0.439. The highest BCUT2D eigenvalue weighted by Crippen LogP contribution is 2.39. The third-order valence-corrected chi connectivity index (χ3v) is 6.36. The first-order chi connectivity index (χ1) is 15.8. The summed E-state index contributed by atoms with van der Waals surface area (Å²) in [6, 6.07) is 17.8. The maximum atomic E-state index is 12.6. The van der Waals surface area contributed by atoms with Crippen molar-refractivity contribution in [3.8, 4) is 11.1 Å². The molecule has 2 atom stereocenters. The number of hydrogen-bond donors (Lipinski definition) is 1. The van der Waals surface area contributed by atoms with Gasteiger partial charge in [0.05, 0.1) is 12.1 Å². The van der Waals surface area contributed by atoms with Crippen molar-refractivity contribution in [2.24, 2.45) is 11.8 Å². The zero-order valence-corrected chi connectivity index (χ0v) is 19.8. The molecule has 33 heavy (non-hydrogen) atoms. The maximum Gasteiger partial charge on any atom is 0.411 e. The van der Waals surface area contributed by atoms with Crippen LogP contribution in [0.1, 0.15) is 40.0 Å². The molecule has 1 aliphatic heterocycles. The molecule has 2 aliphatic rings. The number of nitrogens with zero attached hydrogens (tertiary/aromatic N) is 1. The molecular weight excluding hydrogens is 416 g/mol. The summed E-state index contributed by atoms with van der Waals surface area (Å²) in [5.74, 6) is 0.879. The van der Waals surface area contributed by atoms with E-state index < -0.39 is 11.7 Å². The van der Waals surface area contributed by atoms with Crippen LogP contribution < -0.4 is 5.32 Å². The van der Waals surface area contributed by atoms with Crippen LogP contribution in [-0.4, -0.2) is 48.3 Å². The molecule has 6 heteroatoms. The number of ether oxygens (including phenoxy) is 2. The smallest absolute Gasteiger partial charge is 0.411 e. The maximum absolute atomic E-state index is 12.6. The van der Waals surface area contributed by atoms with Crippen LogP contribution in [-0.2, 0) is 14.3 Å². The first-order valence-corrected chi connectivity index (χ1v) is 11.8. The summed E-state index contributed by atoms with van der Waals surface area (Å²) in [4.78, 5) is 27.0. The summed E-state index contributed by atoms with van der Waals surface area (Å²) in [6.07, 6.45) is 1.71. The second kappa shape index (κ2) is 9.96. The zero-order valence-electron chi connectivity index (χ0n) is 19.8. The van der Waals surface area contributed by atoms with Crippen LogP contribution in [0.25, 0.3) is 11.1 Å². The van der Waals surface area contributed by atoms with Crippen molar-refractivity contribution in [3.05, 3.63) is 54.6 Å². The average molecular weight is 451 g/mol. The Labute approximate surface area is 196 Å². The predicted molar refractivity (Wildman–Crippen MR) is 129 cm³/mol. The van der Waals surface area contributed by atoms with Crippen molar-refractivity contribution in [3.63, 3.8) is 0 Å². The number of nitrogens with one attached hydrogen (secondary N) is 1. The monoisotopic (exact) mass is 450 g/mol. The van der Waals surface area contributed by atoms with Crippen molar-refractivity contribution in [1.82, 2.24) is 4.90 Å². The fraction of sp³-hybridized carbons (Fsp3) is 0.481. The first kappa shape index (κ1) is 23.3. The van der Waals surface area contributed by atoms with Crippen molar-refractivity contribution >= 4 is 17.7 Å². The number of hydrogen-bond acceptors (Lipinski definition) is 5. The molecular formula is C27H34N2O4. The minimum absolute atomic E-state index is 0.0584. The van der Waals surface area contributed by atoms with E-state index in [1.54, 1.807) is 0 Å². The standard InChI is InChI=1S/C27H34N2O4/c1-27(2,3)33-25(30)13-14-29-17-20-15-22(16-21(20)18-29)32-26(31)28-24-12-8-7-11-23(24)19-9-5-4-6-10-19/h4-12,20-22H,13-18H2,1-3H3,(H,28,31). The molecule has 1 aliphatic carbocycles. The number of para-hydroxylation sites is 1. The van der Waals surface area contributed by atoms with E-state index in [1.165, 1.54) is 0 Å². The van der Waals surface area contributed by atoms with E-state index in [9.17, 15) is 9.59 Å². The third-order valence-electron chi connectivity index (χ3n) is 6.36. The number of esters is 1. The Morgan fingerprint density at radius 2 is 1.61 bits per heavy atom. The molecule has 1 amide bonds. The Hall–Kier alpha value is -2.86. The second-order valence-electron chi connectivity index (χ2n) is 10.2. The summed E-state index contributed by atoms with van der Waals surface area (Å²) in [5.41, 5.74) is 2.33. The van der Waals surface area contributed by atoms with Gasteiger partial charge in [-0.05, 0) is 57.1 Å². The van der Waals surface area contributed by atoms with E-state index >= 15 is 0 Å². The molecule has 0 radical (unpaired) electrons. The normalized spacial score (nSPS) is 22.6. The van der Waals surface area contributed by atoms with Gasteiger partial charge in [-0.1, -0.05) is 48.5 Å². The second-order valence-corrected chi connectivity index (χ2v) is 10.2. The molecule has 0 bridgehead atoms. The Kier molecular flexibility index (Phi) is 7.03. The van der Waals surface area contributed by atoms with Gasteiger partial charge >= 0.3 is 12.1 Å². The lowest BCUT2D eigenvalue weighted by atomic mass is 10.0. The van der Waals surface area contributed by atoms with Gasteiger partial charge < -0.3 is 14.4 Å². The highest BCUT2D eigenvalue weighted by molar-refractivity contribution is 5.91. The van der Waals surface area contributed by atoms with E-state index in [0.717, 1.165) is 49.3 Å². The molecule has 6 nitrogen and oxygen atoms in total. The predicted octanol–water partition coefficient (Wildman–Crippen LogP) is 5.34. The summed E-state index contributed by atoms with van der Waals surface area (Å²) in [5, 5.41) is 2.94. The Morgan fingerprint density at radius 1 is 0.970 bits per heavy atom. The number of carbonyl (C=O) groups excluding carboxylic acids is 2. The van der Waals surface area contributed by atoms with Gasteiger partial charge in [-0.2, -0.15) is 0 Å². The first-order valence-electron chi connectivity index (χ1n) is 11.8. The summed E-state index contributed by atoms with van der Waals surface area (Å²) < 4.78 is 11.2. The van der Waals surface area contributed by atoms with Crippen molar-refractivity contribution in [1.29, 1.82) is 0 Å². The molecule has 2 fully saturated rings. The lowest BCUT2D eigenvalue weighted by Crippen LogP contribution is -2.30. The van der Waals surface area contributed by atoms with Gasteiger partial charge in [0, 0.05) is 25.2 Å².